The Kier molecular flexibility index (Phi) is 2.03. The van der Waals surface area contributed by atoms with Crippen LogP contribution in [0.2, 0.25) is 0 Å². The van der Waals surface area contributed by atoms with Crippen molar-refractivity contribution < 1.29 is 4.79 Å². The molecule has 1 aliphatic rings. The highest BCUT2D eigenvalue weighted by Crippen LogP contribution is 2.18. The lowest BCUT2D eigenvalue weighted by Crippen LogP contribution is -2.25. The molecule has 0 aromatic heterocycles. The molecular weight excluding hydrogens is 128 g/mol. The zero-order valence-electron chi connectivity index (χ0n) is 5.95. The third-order valence-corrected chi connectivity index (χ3v) is 1.94. The number of rotatable bonds is 1. The van der Waals surface area contributed by atoms with Crippen LogP contribution in [0.15, 0.2) is 0 Å². The highest BCUT2D eigenvalue weighted by molar-refractivity contribution is 5.58. The Hall–Kier alpha value is -0.880. The minimum atomic E-state index is -0.0235. The Bertz CT molecular complexity index is 173. The van der Waals surface area contributed by atoms with Gasteiger partial charge in [-0.15, -0.1) is 0 Å². The Morgan fingerprint density at radius 3 is 2.80 bits per heavy atom. The van der Waals surface area contributed by atoms with Gasteiger partial charge in [-0.1, -0.05) is 0 Å². The maximum absolute atomic E-state index is 10.3. The van der Waals surface area contributed by atoms with Crippen molar-refractivity contribution in [2.45, 2.75) is 12.5 Å². The highest BCUT2D eigenvalue weighted by atomic mass is 16.1. The Labute approximate surface area is 60.2 Å². The van der Waals surface area contributed by atoms with E-state index in [1.807, 2.05) is 11.9 Å². The van der Waals surface area contributed by atoms with E-state index in [9.17, 15) is 4.79 Å². The first-order valence-corrected chi connectivity index (χ1v) is 3.33. The molecule has 54 valence electrons. The molecule has 10 heavy (non-hydrogen) atoms. The van der Waals surface area contributed by atoms with Crippen LogP contribution in [-0.2, 0) is 4.79 Å². The van der Waals surface area contributed by atoms with Gasteiger partial charge in [-0.25, -0.2) is 0 Å². The molecule has 0 bridgehead atoms. The van der Waals surface area contributed by atoms with E-state index in [0.29, 0.717) is 6.42 Å². The van der Waals surface area contributed by atoms with Gasteiger partial charge in [-0.05, 0) is 13.5 Å². The first kappa shape index (κ1) is 7.23. The number of carbonyl (C=O) groups excluding carboxylic acids is 1. The quantitative estimate of drug-likeness (QED) is 0.480. The molecule has 3 heteroatoms. The predicted octanol–water partition coefficient (Wildman–Crippen LogP) is 0.0292. The summed E-state index contributed by atoms with van der Waals surface area (Å²) in [4.78, 5) is 12.2. The summed E-state index contributed by atoms with van der Waals surface area (Å²) < 4.78 is 0. The lowest BCUT2D eigenvalue weighted by Gasteiger charge is -2.10. The topological polar surface area (TPSA) is 44.1 Å². The number of hydrogen-bond donors (Lipinski definition) is 0. The summed E-state index contributed by atoms with van der Waals surface area (Å²) in [5, 5.41) is 8.50. The molecule has 1 rings (SSSR count). The Balaban J connectivity index is 2.53. The second-order valence-electron chi connectivity index (χ2n) is 2.70. The van der Waals surface area contributed by atoms with Crippen molar-refractivity contribution >= 4 is 6.29 Å². The molecule has 0 spiro atoms. The van der Waals surface area contributed by atoms with Crippen molar-refractivity contribution in [2.75, 3.05) is 13.6 Å². The van der Waals surface area contributed by atoms with Crippen LogP contribution in [0.3, 0.4) is 0 Å². The molecule has 1 saturated heterocycles. The molecule has 0 N–H and O–H groups in total. The second-order valence-corrected chi connectivity index (χ2v) is 2.70. The fraction of sp³-hybridized carbons (Fsp3) is 0.714. The first-order valence-electron chi connectivity index (χ1n) is 3.33. The maximum Gasteiger partial charge on any atom is 0.137 e. The number of carbonyl (C=O) groups is 1. The van der Waals surface area contributed by atoms with Crippen molar-refractivity contribution in [3.8, 4) is 6.07 Å². The number of aldehydes is 1. The van der Waals surface area contributed by atoms with E-state index in [4.69, 9.17) is 5.26 Å². The van der Waals surface area contributed by atoms with Gasteiger partial charge in [0.15, 0.2) is 0 Å². The number of likely N-dealkylation sites (N-methyl/N-ethyl adjacent to an activating group) is 1. The van der Waals surface area contributed by atoms with Gasteiger partial charge in [0.2, 0.25) is 0 Å². The van der Waals surface area contributed by atoms with Crippen LogP contribution in [0.4, 0.5) is 0 Å². The normalized spacial score (nSPS) is 33.6. The predicted molar refractivity (Wildman–Crippen MR) is 36.2 cm³/mol. The minimum absolute atomic E-state index is 0.0235. The molecule has 1 fully saturated rings. The smallest absolute Gasteiger partial charge is 0.137 e. The van der Waals surface area contributed by atoms with Gasteiger partial charge in [0.05, 0.1) is 18.0 Å². The SMILES string of the molecule is CN1CC(C#N)CC1C=O. The minimum Gasteiger partial charge on any atom is -0.302 e. The maximum atomic E-state index is 10.3. The van der Waals surface area contributed by atoms with E-state index in [1.165, 1.54) is 0 Å². The molecule has 0 amide bonds. The van der Waals surface area contributed by atoms with Crippen molar-refractivity contribution in [1.29, 1.82) is 5.26 Å². The molecule has 1 heterocycles. The van der Waals surface area contributed by atoms with Gasteiger partial charge < -0.3 is 4.79 Å². The fourth-order valence-electron chi connectivity index (χ4n) is 1.28. The fourth-order valence-corrected chi connectivity index (χ4v) is 1.28. The molecular formula is C7H10N2O. The lowest BCUT2D eigenvalue weighted by molar-refractivity contribution is -0.111. The van der Waals surface area contributed by atoms with E-state index in [0.717, 1.165) is 12.8 Å². The molecule has 0 aliphatic carbocycles. The van der Waals surface area contributed by atoms with Gasteiger partial charge in [0.25, 0.3) is 0 Å². The van der Waals surface area contributed by atoms with Crippen molar-refractivity contribution in [3.05, 3.63) is 0 Å². The van der Waals surface area contributed by atoms with E-state index in [-0.39, 0.29) is 12.0 Å². The molecule has 0 aromatic rings. The molecule has 0 radical (unpaired) electrons. The van der Waals surface area contributed by atoms with Gasteiger partial charge >= 0.3 is 0 Å². The largest absolute Gasteiger partial charge is 0.302 e. The summed E-state index contributed by atoms with van der Waals surface area (Å²) in [6.45, 7) is 0.736. The van der Waals surface area contributed by atoms with E-state index in [2.05, 4.69) is 6.07 Å². The van der Waals surface area contributed by atoms with Crippen molar-refractivity contribution in [2.24, 2.45) is 5.92 Å². The van der Waals surface area contributed by atoms with Crippen LogP contribution in [0.5, 0.6) is 0 Å². The molecule has 0 aromatic carbocycles. The van der Waals surface area contributed by atoms with Gasteiger partial charge in [0, 0.05) is 6.54 Å². The number of likely N-dealkylation sites (tertiary alicyclic amines) is 1. The van der Waals surface area contributed by atoms with Crippen molar-refractivity contribution in [1.82, 2.24) is 4.90 Å². The van der Waals surface area contributed by atoms with Crippen molar-refractivity contribution in [3.63, 3.8) is 0 Å². The third kappa shape index (κ3) is 1.17. The van der Waals surface area contributed by atoms with E-state index < -0.39 is 0 Å². The summed E-state index contributed by atoms with van der Waals surface area (Å²) in [6.07, 6.45) is 1.62. The van der Waals surface area contributed by atoms with E-state index >= 15 is 0 Å². The molecule has 0 saturated carbocycles. The number of hydrogen-bond acceptors (Lipinski definition) is 3. The Morgan fingerprint density at radius 1 is 1.80 bits per heavy atom. The summed E-state index contributed by atoms with van der Waals surface area (Å²) >= 11 is 0. The van der Waals surface area contributed by atoms with E-state index in [1.54, 1.807) is 0 Å². The molecule has 1 aliphatic heterocycles. The summed E-state index contributed by atoms with van der Waals surface area (Å²) in [6, 6.07) is 2.13. The number of nitriles is 1. The molecule has 3 nitrogen and oxygen atoms in total. The summed E-state index contributed by atoms with van der Waals surface area (Å²) in [7, 11) is 1.87. The van der Waals surface area contributed by atoms with Crippen LogP contribution in [0.25, 0.3) is 0 Å². The monoisotopic (exact) mass is 138 g/mol. The standard InChI is InChI=1S/C7H10N2O/c1-9-4-6(3-8)2-7(9)5-10/h5-7H,2,4H2,1H3. The zero-order chi connectivity index (χ0) is 7.56. The van der Waals surface area contributed by atoms with Crippen LogP contribution in [0.1, 0.15) is 6.42 Å². The zero-order valence-corrected chi connectivity index (χ0v) is 5.95. The summed E-state index contributed by atoms with van der Waals surface area (Å²) in [5.74, 6) is 0.0557. The second kappa shape index (κ2) is 2.80. The average molecular weight is 138 g/mol. The lowest BCUT2D eigenvalue weighted by atomic mass is 10.1. The molecule has 2 atom stereocenters. The average Bonchev–Trinajstić information content (AvgIpc) is 2.30. The Morgan fingerprint density at radius 2 is 2.50 bits per heavy atom. The molecule has 2 unspecified atom stereocenters. The number of nitrogens with zero attached hydrogens (tertiary/aromatic N) is 2. The van der Waals surface area contributed by atoms with Crippen LogP contribution < -0.4 is 0 Å². The highest BCUT2D eigenvalue weighted by Gasteiger charge is 2.28. The van der Waals surface area contributed by atoms with Gasteiger partial charge in [-0.2, -0.15) is 5.26 Å². The van der Waals surface area contributed by atoms with Crippen LogP contribution >= 0.6 is 0 Å². The van der Waals surface area contributed by atoms with Crippen LogP contribution in [-0.4, -0.2) is 30.8 Å². The first-order chi connectivity index (χ1) is 4.77. The van der Waals surface area contributed by atoms with Gasteiger partial charge in [-0.3, -0.25) is 4.90 Å². The van der Waals surface area contributed by atoms with Crippen LogP contribution in [0, 0.1) is 17.2 Å². The summed E-state index contributed by atoms with van der Waals surface area (Å²) in [5.41, 5.74) is 0. The third-order valence-electron chi connectivity index (χ3n) is 1.94. The van der Waals surface area contributed by atoms with Gasteiger partial charge in [0.1, 0.15) is 6.29 Å².